The number of aliphatic hydroxyl groups is 1. The number of ether oxygens (including phenoxy) is 1. The number of aliphatic hydroxyl groups excluding tert-OH is 1. The molecule has 1 aliphatic rings. The third kappa shape index (κ3) is 2.76. The molecule has 1 atom stereocenters. The summed E-state index contributed by atoms with van der Waals surface area (Å²) in [7, 11) is 0. The largest absolute Gasteiger partial charge is 0.489 e. The molecule has 98 valence electrons. The summed E-state index contributed by atoms with van der Waals surface area (Å²) in [5.74, 6) is 0.809. The molecule has 0 spiro atoms. The van der Waals surface area contributed by atoms with E-state index in [0.717, 1.165) is 36.1 Å². The van der Waals surface area contributed by atoms with Gasteiger partial charge in [-0.05, 0) is 48.6 Å². The summed E-state index contributed by atoms with van der Waals surface area (Å²) in [4.78, 5) is 4.06. The van der Waals surface area contributed by atoms with Crippen molar-refractivity contribution in [1.82, 2.24) is 4.98 Å². The highest BCUT2D eigenvalue weighted by Crippen LogP contribution is 2.32. The second kappa shape index (κ2) is 5.41. The standard InChI is InChI=1S/C16H17NO2/c18-16-5-1-4-13-6-7-14(9-15(13)16)19-11-12-3-2-8-17-10-12/h2-3,6-10,16,18H,1,4-5,11H2. The lowest BCUT2D eigenvalue weighted by Gasteiger charge is -2.22. The lowest BCUT2D eigenvalue weighted by atomic mass is 9.89. The van der Waals surface area contributed by atoms with Crippen LogP contribution in [-0.4, -0.2) is 10.1 Å². The maximum absolute atomic E-state index is 10.0. The van der Waals surface area contributed by atoms with Crippen molar-refractivity contribution in [3.05, 3.63) is 59.4 Å². The first kappa shape index (κ1) is 12.2. The van der Waals surface area contributed by atoms with E-state index in [1.807, 2.05) is 24.3 Å². The van der Waals surface area contributed by atoms with Crippen LogP contribution in [0.5, 0.6) is 5.75 Å². The van der Waals surface area contributed by atoms with Crippen LogP contribution >= 0.6 is 0 Å². The smallest absolute Gasteiger partial charge is 0.120 e. The van der Waals surface area contributed by atoms with Crippen LogP contribution < -0.4 is 4.74 Å². The van der Waals surface area contributed by atoms with Crippen molar-refractivity contribution in [2.75, 3.05) is 0 Å². The fraction of sp³-hybridized carbons (Fsp3) is 0.312. The topological polar surface area (TPSA) is 42.4 Å². The first-order valence-electron chi connectivity index (χ1n) is 6.65. The zero-order valence-corrected chi connectivity index (χ0v) is 10.7. The van der Waals surface area contributed by atoms with Crippen molar-refractivity contribution in [3.63, 3.8) is 0 Å². The molecule has 3 rings (SSSR count). The van der Waals surface area contributed by atoms with Crippen LogP contribution in [0.25, 0.3) is 0 Å². The van der Waals surface area contributed by atoms with Gasteiger partial charge in [-0.1, -0.05) is 12.1 Å². The lowest BCUT2D eigenvalue weighted by molar-refractivity contribution is 0.156. The molecular formula is C16H17NO2. The quantitative estimate of drug-likeness (QED) is 0.916. The molecular weight excluding hydrogens is 238 g/mol. The molecule has 1 aromatic carbocycles. The molecule has 3 nitrogen and oxygen atoms in total. The van der Waals surface area contributed by atoms with Crippen LogP contribution in [0.3, 0.4) is 0 Å². The third-order valence-electron chi connectivity index (χ3n) is 3.53. The minimum absolute atomic E-state index is 0.342. The van der Waals surface area contributed by atoms with Gasteiger partial charge in [-0.15, -0.1) is 0 Å². The van der Waals surface area contributed by atoms with Gasteiger partial charge in [0.25, 0.3) is 0 Å². The Morgan fingerprint density at radius 3 is 3.11 bits per heavy atom. The fourth-order valence-corrected chi connectivity index (χ4v) is 2.49. The molecule has 19 heavy (non-hydrogen) atoms. The van der Waals surface area contributed by atoms with E-state index in [1.165, 1.54) is 5.56 Å². The normalized spacial score (nSPS) is 17.8. The first-order chi connectivity index (χ1) is 9.33. The second-order valence-corrected chi connectivity index (χ2v) is 4.92. The number of aryl methyl sites for hydroxylation is 1. The Bertz CT molecular complexity index is 554. The summed E-state index contributed by atoms with van der Waals surface area (Å²) < 4.78 is 5.76. The zero-order valence-electron chi connectivity index (χ0n) is 10.7. The molecule has 0 saturated heterocycles. The van der Waals surface area contributed by atoms with Crippen LogP contribution in [-0.2, 0) is 13.0 Å². The number of fused-ring (bicyclic) bond motifs is 1. The predicted octanol–water partition coefficient (Wildman–Crippen LogP) is 3.03. The Morgan fingerprint density at radius 2 is 2.26 bits per heavy atom. The molecule has 3 heteroatoms. The summed E-state index contributed by atoms with van der Waals surface area (Å²) in [6.07, 6.45) is 6.16. The van der Waals surface area contributed by atoms with Crippen molar-refractivity contribution in [3.8, 4) is 5.75 Å². The van der Waals surface area contributed by atoms with E-state index in [-0.39, 0.29) is 6.10 Å². The Morgan fingerprint density at radius 1 is 1.32 bits per heavy atom. The van der Waals surface area contributed by atoms with E-state index < -0.39 is 0 Å². The third-order valence-corrected chi connectivity index (χ3v) is 3.53. The molecule has 0 bridgehead atoms. The number of nitrogens with zero attached hydrogens (tertiary/aromatic N) is 1. The first-order valence-corrected chi connectivity index (χ1v) is 6.65. The Labute approximate surface area is 112 Å². The fourth-order valence-electron chi connectivity index (χ4n) is 2.49. The van der Waals surface area contributed by atoms with Gasteiger partial charge in [-0.3, -0.25) is 4.98 Å². The van der Waals surface area contributed by atoms with Gasteiger partial charge in [-0.2, -0.15) is 0 Å². The summed E-state index contributed by atoms with van der Waals surface area (Å²) in [6, 6.07) is 9.90. The van der Waals surface area contributed by atoms with E-state index in [0.29, 0.717) is 6.61 Å². The molecule has 0 saturated carbocycles. The van der Waals surface area contributed by atoms with Crippen molar-refractivity contribution < 1.29 is 9.84 Å². The van der Waals surface area contributed by atoms with E-state index in [9.17, 15) is 5.11 Å². The van der Waals surface area contributed by atoms with Gasteiger partial charge in [0.1, 0.15) is 12.4 Å². The molecule has 0 aliphatic heterocycles. The van der Waals surface area contributed by atoms with E-state index >= 15 is 0 Å². The Balaban J connectivity index is 1.74. The van der Waals surface area contributed by atoms with Crippen molar-refractivity contribution >= 4 is 0 Å². The van der Waals surface area contributed by atoms with Gasteiger partial charge in [0.15, 0.2) is 0 Å². The van der Waals surface area contributed by atoms with Crippen LogP contribution in [0.4, 0.5) is 0 Å². The molecule has 1 aromatic heterocycles. The number of aromatic nitrogens is 1. The second-order valence-electron chi connectivity index (χ2n) is 4.92. The number of hydrogen-bond acceptors (Lipinski definition) is 3. The number of pyridine rings is 1. The van der Waals surface area contributed by atoms with Gasteiger partial charge < -0.3 is 9.84 Å². The summed E-state index contributed by atoms with van der Waals surface area (Å²) in [5, 5.41) is 10.0. The highest BCUT2D eigenvalue weighted by Gasteiger charge is 2.18. The number of rotatable bonds is 3. The Kier molecular flexibility index (Phi) is 3.47. The molecule has 1 unspecified atom stereocenters. The molecule has 1 heterocycles. The van der Waals surface area contributed by atoms with Crippen LogP contribution in [0.1, 0.15) is 35.6 Å². The van der Waals surface area contributed by atoms with E-state index in [1.54, 1.807) is 12.4 Å². The molecule has 0 radical (unpaired) electrons. The monoisotopic (exact) mass is 255 g/mol. The molecule has 0 fully saturated rings. The summed E-state index contributed by atoms with van der Waals surface area (Å²) in [5.41, 5.74) is 3.31. The van der Waals surface area contributed by atoms with Crippen LogP contribution in [0.15, 0.2) is 42.7 Å². The SMILES string of the molecule is OC1CCCc2ccc(OCc3cccnc3)cc21. The summed E-state index contributed by atoms with van der Waals surface area (Å²) >= 11 is 0. The van der Waals surface area contributed by atoms with Crippen LogP contribution in [0, 0.1) is 0 Å². The van der Waals surface area contributed by atoms with Gasteiger partial charge in [0.05, 0.1) is 6.10 Å². The predicted molar refractivity (Wildman–Crippen MR) is 72.9 cm³/mol. The van der Waals surface area contributed by atoms with E-state index in [2.05, 4.69) is 11.1 Å². The maximum Gasteiger partial charge on any atom is 0.120 e. The minimum atomic E-state index is -0.342. The van der Waals surface area contributed by atoms with Crippen molar-refractivity contribution in [1.29, 1.82) is 0 Å². The molecule has 1 aliphatic carbocycles. The van der Waals surface area contributed by atoms with Gasteiger partial charge in [-0.25, -0.2) is 0 Å². The van der Waals surface area contributed by atoms with Crippen molar-refractivity contribution in [2.45, 2.75) is 32.0 Å². The average molecular weight is 255 g/mol. The van der Waals surface area contributed by atoms with Crippen molar-refractivity contribution in [2.24, 2.45) is 0 Å². The highest BCUT2D eigenvalue weighted by molar-refractivity contribution is 5.38. The molecule has 2 aromatic rings. The lowest BCUT2D eigenvalue weighted by Crippen LogP contribution is -2.09. The molecule has 1 N–H and O–H groups in total. The zero-order chi connectivity index (χ0) is 13.1. The van der Waals surface area contributed by atoms with Gasteiger partial charge in [0.2, 0.25) is 0 Å². The molecule has 0 amide bonds. The Hall–Kier alpha value is -1.87. The number of hydrogen-bond donors (Lipinski definition) is 1. The highest BCUT2D eigenvalue weighted by atomic mass is 16.5. The minimum Gasteiger partial charge on any atom is -0.489 e. The van der Waals surface area contributed by atoms with Gasteiger partial charge in [0, 0.05) is 18.0 Å². The van der Waals surface area contributed by atoms with Crippen LogP contribution in [0.2, 0.25) is 0 Å². The number of benzene rings is 1. The average Bonchev–Trinajstić information content (AvgIpc) is 2.47. The van der Waals surface area contributed by atoms with Gasteiger partial charge >= 0.3 is 0 Å². The van der Waals surface area contributed by atoms with E-state index in [4.69, 9.17) is 4.74 Å². The maximum atomic E-state index is 10.0. The summed E-state index contributed by atoms with van der Waals surface area (Å²) in [6.45, 7) is 0.503.